The number of thiazole rings is 1. The van der Waals surface area contributed by atoms with Crippen LogP contribution >= 0.6 is 11.3 Å². The highest BCUT2D eigenvalue weighted by atomic mass is 32.1. The van der Waals surface area contributed by atoms with Crippen molar-refractivity contribution in [2.24, 2.45) is 0 Å². The van der Waals surface area contributed by atoms with Gasteiger partial charge >= 0.3 is 12.1 Å². The van der Waals surface area contributed by atoms with Gasteiger partial charge in [0.2, 0.25) is 0 Å². The van der Waals surface area contributed by atoms with E-state index in [1.54, 1.807) is 11.9 Å². The molecule has 6 nitrogen and oxygen atoms in total. The van der Waals surface area contributed by atoms with Gasteiger partial charge in [0.25, 0.3) is 0 Å². The van der Waals surface area contributed by atoms with Crippen molar-refractivity contribution in [2.45, 2.75) is 58.6 Å². The van der Waals surface area contributed by atoms with Gasteiger partial charge in [-0.15, -0.1) is 11.3 Å². The zero-order valence-corrected chi connectivity index (χ0v) is 14.7. The number of aromatic carboxylic acids is 1. The molecule has 0 aliphatic carbocycles. The molecule has 0 aliphatic rings. The zero-order valence-electron chi connectivity index (χ0n) is 13.9. The van der Waals surface area contributed by atoms with Crippen molar-refractivity contribution in [3.63, 3.8) is 0 Å². The number of hydrogen-bond acceptors (Lipinski definition) is 5. The second-order valence-corrected chi connectivity index (χ2v) is 7.34. The molecular formula is C15H24N2O4S. The van der Waals surface area contributed by atoms with Crippen molar-refractivity contribution in [1.82, 2.24) is 9.88 Å². The first kappa shape index (κ1) is 18.4. The first-order chi connectivity index (χ1) is 10.0. The molecule has 0 saturated carbocycles. The monoisotopic (exact) mass is 328 g/mol. The van der Waals surface area contributed by atoms with Crippen LogP contribution < -0.4 is 0 Å². The van der Waals surface area contributed by atoms with Crippen LogP contribution in [0, 0.1) is 0 Å². The summed E-state index contributed by atoms with van der Waals surface area (Å²) in [4.78, 5) is 28.6. The molecule has 0 aliphatic heterocycles. The van der Waals surface area contributed by atoms with E-state index in [1.165, 1.54) is 16.7 Å². The molecule has 0 radical (unpaired) electrons. The predicted octanol–water partition coefficient (Wildman–Crippen LogP) is 3.59. The third-order valence-electron chi connectivity index (χ3n) is 3.20. The standard InChI is InChI=1S/C15H24N2O4S/c1-9(12-16-11(8-22-12)13(18)19)7-10(2)17(6)14(20)21-15(3,4)5/h8-10H,7H2,1-6H3,(H,18,19)/t9-,10+/m0/s1. The summed E-state index contributed by atoms with van der Waals surface area (Å²) < 4.78 is 5.34. The van der Waals surface area contributed by atoms with Crippen LogP contribution in [-0.4, -0.2) is 45.7 Å². The molecule has 0 saturated heterocycles. The van der Waals surface area contributed by atoms with Gasteiger partial charge in [0.1, 0.15) is 5.60 Å². The van der Waals surface area contributed by atoms with E-state index in [0.29, 0.717) is 6.42 Å². The summed E-state index contributed by atoms with van der Waals surface area (Å²) in [5.41, 5.74) is -0.456. The van der Waals surface area contributed by atoms with E-state index in [4.69, 9.17) is 9.84 Å². The average Bonchev–Trinajstić information content (AvgIpc) is 2.85. The maximum atomic E-state index is 12.0. The lowest BCUT2D eigenvalue weighted by Gasteiger charge is -2.29. The summed E-state index contributed by atoms with van der Waals surface area (Å²) in [6, 6.07) is -0.0398. The Morgan fingerprint density at radius 1 is 1.41 bits per heavy atom. The number of aromatic nitrogens is 1. The molecule has 0 bridgehead atoms. The molecule has 1 heterocycles. The number of carbonyl (C=O) groups is 2. The first-order valence-corrected chi connectivity index (χ1v) is 8.03. The Hall–Kier alpha value is -1.63. The lowest BCUT2D eigenvalue weighted by atomic mass is 10.0. The van der Waals surface area contributed by atoms with Gasteiger partial charge < -0.3 is 14.7 Å². The molecule has 7 heteroatoms. The van der Waals surface area contributed by atoms with Crippen molar-refractivity contribution >= 4 is 23.4 Å². The van der Waals surface area contributed by atoms with Crippen molar-refractivity contribution < 1.29 is 19.4 Å². The molecule has 1 aromatic heterocycles. The number of carboxylic acid groups (broad SMARTS) is 1. The van der Waals surface area contributed by atoms with Crippen molar-refractivity contribution in [3.8, 4) is 0 Å². The lowest BCUT2D eigenvalue weighted by Crippen LogP contribution is -2.39. The number of nitrogens with zero attached hydrogens (tertiary/aromatic N) is 2. The number of amides is 1. The molecule has 0 spiro atoms. The van der Waals surface area contributed by atoms with Gasteiger partial charge in [0, 0.05) is 24.4 Å². The average molecular weight is 328 g/mol. The first-order valence-electron chi connectivity index (χ1n) is 7.15. The smallest absolute Gasteiger partial charge is 0.410 e. The summed E-state index contributed by atoms with van der Waals surface area (Å²) >= 11 is 1.33. The van der Waals surface area contributed by atoms with Gasteiger partial charge in [0.15, 0.2) is 5.69 Å². The fraction of sp³-hybridized carbons (Fsp3) is 0.667. The van der Waals surface area contributed by atoms with E-state index >= 15 is 0 Å². The molecule has 22 heavy (non-hydrogen) atoms. The molecule has 0 fully saturated rings. The second kappa shape index (κ2) is 7.09. The molecular weight excluding hydrogens is 304 g/mol. The van der Waals surface area contributed by atoms with Gasteiger partial charge in [-0.05, 0) is 34.1 Å². The van der Waals surface area contributed by atoms with Gasteiger partial charge in [-0.1, -0.05) is 6.92 Å². The van der Waals surface area contributed by atoms with E-state index in [1.807, 2.05) is 34.6 Å². The Labute approximate surface area is 135 Å². The van der Waals surface area contributed by atoms with Crippen LogP contribution in [-0.2, 0) is 4.74 Å². The number of carboxylic acids is 1. The zero-order chi connectivity index (χ0) is 17.1. The third kappa shape index (κ3) is 5.29. The Kier molecular flexibility index (Phi) is 5.93. The summed E-state index contributed by atoms with van der Waals surface area (Å²) in [7, 11) is 1.70. The molecule has 1 N–H and O–H groups in total. The van der Waals surface area contributed by atoms with Crippen LogP contribution in [0.15, 0.2) is 5.38 Å². The third-order valence-corrected chi connectivity index (χ3v) is 4.28. The highest BCUT2D eigenvalue weighted by molar-refractivity contribution is 7.09. The largest absolute Gasteiger partial charge is 0.476 e. The Balaban J connectivity index is 2.64. The van der Waals surface area contributed by atoms with Crippen LogP contribution in [0.1, 0.15) is 62.5 Å². The Morgan fingerprint density at radius 3 is 2.45 bits per heavy atom. The number of hydrogen-bond donors (Lipinski definition) is 1. The highest BCUT2D eigenvalue weighted by Gasteiger charge is 2.25. The maximum absolute atomic E-state index is 12.0. The molecule has 1 aromatic rings. The van der Waals surface area contributed by atoms with E-state index in [-0.39, 0.29) is 23.7 Å². The van der Waals surface area contributed by atoms with E-state index < -0.39 is 11.6 Å². The molecule has 0 unspecified atom stereocenters. The van der Waals surface area contributed by atoms with Crippen LogP contribution in [0.25, 0.3) is 0 Å². The van der Waals surface area contributed by atoms with Crippen LogP contribution in [0.2, 0.25) is 0 Å². The molecule has 2 atom stereocenters. The maximum Gasteiger partial charge on any atom is 0.410 e. The number of ether oxygens (including phenoxy) is 1. The summed E-state index contributed by atoms with van der Waals surface area (Å²) in [5.74, 6) is -0.952. The Morgan fingerprint density at radius 2 is 2.00 bits per heavy atom. The summed E-state index contributed by atoms with van der Waals surface area (Å²) in [5, 5.41) is 11.2. The number of rotatable bonds is 5. The fourth-order valence-electron chi connectivity index (χ4n) is 1.90. The van der Waals surface area contributed by atoms with Crippen LogP contribution in [0.3, 0.4) is 0 Å². The van der Waals surface area contributed by atoms with Crippen LogP contribution in [0.4, 0.5) is 4.79 Å². The predicted molar refractivity (Wildman–Crippen MR) is 85.6 cm³/mol. The topological polar surface area (TPSA) is 79.7 Å². The molecule has 124 valence electrons. The van der Waals surface area contributed by atoms with E-state index in [9.17, 15) is 9.59 Å². The van der Waals surface area contributed by atoms with Crippen molar-refractivity contribution in [3.05, 3.63) is 16.1 Å². The van der Waals surface area contributed by atoms with Crippen molar-refractivity contribution in [2.75, 3.05) is 7.05 Å². The minimum absolute atomic E-state index is 0.0398. The summed E-state index contributed by atoms with van der Waals surface area (Å²) in [6.45, 7) is 9.40. The fourth-order valence-corrected chi connectivity index (χ4v) is 2.76. The summed E-state index contributed by atoms with van der Waals surface area (Å²) in [6.07, 6.45) is 0.319. The molecule has 0 aromatic carbocycles. The lowest BCUT2D eigenvalue weighted by molar-refractivity contribution is 0.0225. The minimum Gasteiger partial charge on any atom is -0.476 e. The quantitative estimate of drug-likeness (QED) is 0.893. The van der Waals surface area contributed by atoms with Crippen LogP contribution in [0.5, 0.6) is 0 Å². The number of carbonyl (C=O) groups excluding carboxylic acids is 1. The van der Waals surface area contributed by atoms with Gasteiger partial charge in [-0.3, -0.25) is 0 Å². The SMILES string of the molecule is C[C@H](C[C@H](C)c1nc(C(=O)O)cs1)N(C)C(=O)OC(C)(C)C. The Bertz CT molecular complexity index is 536. The van der Waals surface area contributed by atoms with Gasteiger partial charge in [-0.25, -0.2) is 14.6 Å². The second-order valence-electron chi connectivity index (χ2n) is 6.45. The molecule has 1 amide bonds. The normalized spacial score (nSPS) is 14.3. The van der Waals surface area contributed by atoms with E-state index in [0.717, 1.165) is 5.01 Å². The minimum atomic E-state index is -1.02. The van der Waals surface area contributed by atoms with Gasteiger partial charge in [0.05, 0.1) is 5.01 Å². The van der Waals surface area contributed by atoms with Gasteiger partial charge in [-0.2, -0.15) is 0 Å². The van der Waals surface area contributed by atoms with Crippen molar-refractivity contribution in [1.29, 1.82) is 0 Å². The van der Waals surface area contributed by atoms with E-state index in [2.05, 4.69) is 4.98 Å². The molecule has 1 rings (SSSR count). The highest BCUT2D eigenvalue weighted by Crippen LogP contribution is 2.26.